The number of nitrogens with zero attached hydrogens (tertiary/aromatic N) is 3. The van der Waals surface area contributed by atoms with Gasteiger partial charge in [0, 0.05) is 12.1 Å². The molecule has 4 rings (SSSR count). The molecule has 0 saturated carbocycles. The van der Waals surface area contributed by atoms with E-state index in [9.17, 15) is 4.39 Å². The van der Waals surface area contributed by atoms with Gasteiger partial charge in [0.15, 0.2) is 0 Å². The first kappa shape index (κ1) is 20.6. The van der Waals surface area contributed by atoms with Crippen LogP contribution in [0.15, 0.2) is 36.7 Å². The van der Waals surface area contributed by atoms with Gasteiger partial charge in [0.1, 0.15) is 34.8 Å². The lowest BCUT2D eigenvalue weighted by atomic mass is 9.98. The summed E-state index contributed by atoms with van der Waals surface area (Å²) in [6, 6.07) is 7.56. The molecule has 0 N–H and O–H groups in total. The molecule has 158 valence electrons. The zero-order valence-corrected chi connectivity index (χ0v) is 17.7. The molecule has 30 heavy (non-hydrogen) atoms. The van der Waals surface area contributed by atoms with E-state index < -0.39 is 5.82 Å². The lowest BCUT2D eigenvalue weighted by molar-refractivity contribution is 0.160. The summed E-state index contributed by atoms with van der Waals surface area (Å²) in [4.78, 5) is 10.9. The van der Waals surface area contributed by atoms with Gasteiger partial charge < -0.3 is 19.1 Å². The maximum Gasteiger partial charge on any atom is 0.234 e. The fourth-order valence-electron chi connectivity index (χ4n) is 3.53. The maximum atomic E-state index is 13.3. The number of hydrogen-bond acceptors (Lipinski definition) is 6. The molecule has 0 spiro atoms. The molecule has 1 aliphatic rings. The van der Waals surface area contributed by atoms with Gasteiger partial charge in [0.25, 0.3) is 0 Å². The van der Waals surface area contributed by atoms with Crippen molar-refractivity contribution in [2.24, 2.45) is 5.92 Å². The van der Waals surface area contributed by atoms with Crippen molar-refractivity contribution >= 4 is 22.5 Å². The summed E-state index contributed by atoms with van der Waals surface area (Å²) in [5.41, 5.74) is 0.621. The molecule has 1 aliphatic heterocycles. The fraction of sp³-hybridized carbons (Fsp3) is 0.364. The Morgan fingerprint density at radius 3 is 2.67 bits per heavy atom. The van der Waals surface area contributed by atoms with Crippen LogP contribution in [-0.4, -0.2) is 48.7 Å². The highest BCUT2D eigenvalue weighted by Gasteiger charge is 2.19. The van der Waals surface area contributed by atoms with Crippen molar-refractivity contribution in [3.63, 3.8) is 0 Å². The molecule has 1 fully saturated rings. The van der Waals surface area contributed by atoms with Gasteiger partial charge in [-0.15, -0.1) is 0 Å². The normalized spacial score (nSPS) is 15.3. The van der Waals surface area contributed by atoms with E-state index in [0.717, 1.165) is 25.9 Å². The molecular weight excluding hydrogens is 409 g/mol. The van der Waals surface area contributed by atoms with Crippen LogP contribution >= 0.6 is 11.6 Å². The van der Waals surface area contributed by atoms with Crippen molar-refractivity contribution in [2.45, 2.75) is 12.8 Å². The molecule has 1 aromatic heterocycles. The number of methoxy groups -OCH3 is 1. The van der Waals surface area contributed by atoms with Gasteiger partial charge in [-0.2, -0.15) is 0 Å². The Balaban J connectivity index is 1.59. The molecule has 0 radical (unpaired) electrons. The molecular formula is C22H23ClFN3O3. The molecule has 0 unspecified atom stereocenters. The predicted molar refractivity (Wildman–Crippen MR) is 113 cm³/mol. The van der Waals surface area contributed by atoms with E-state index in [1.54, 1.807) is 13.2 Å². The second-order valence-corrected chi connectivity index (χ2v) is 7.84. The van der Waals surface area contributed by atoms with Gasteiger partial charge in [0.05, 0.1) is 24.3 Å². The number of likely N-dealkylation sites (tertiary alicyclic amines) is 1. The van der Waals surface area contributed by atoms with Gasteiger partial charge in [-0.1, -0.05) is 11.6 Å². The van der Waals surface area contributed by atoms with E-state index in [1.807, 2.05) is 6.07 Å². The van der Waals surface area contributed by atoms with Crippen molar-refractivity contribution < 1.29 is 18.6 Å². The second kappa shape index (κ2) is 9.02. The summed E-state index contributed by atoms with van der Waals surface area (Å²) in [6.45, 7) is 2.84. The number of hydrogen-bond donors (Lipinski definition) is 0. The number of fused-ring (bicyclic) bond motifs is 1. The molecule has 3 aromatic rings. The Bertz CT molecular complexity index is 1040. The molecule has 8 heteroatoms. The predicted octanol–water partition coefficient (Wildman–Crippen LogP) is 4.94. The van der Waals surface area contributed by atoms with Crippen LogP contribution in [-0.2, 0) is 0 Å². The zero-order valence-electron chi connectivity index (χ0n) is 16.9. The first-order valence-corrected chi connectivity index (χ1v) is 10.2. The zero-order chi connectivity index (χ0) is 21.1. The molecule has 2 heterocycles. The number of benzene rings is 2. The van der Waals surface area contributed by atoms with Crippen molar-refractivity contribution in [1.29, 1.82) is 0 Å². The van der Waals surface area contributed by atoms with Crippen LogP contribution in [0.1, 0.15) is 12.8 Å². The largest absolute Gasteiger partial charge is 0.496 e. The smallest absolute Gasteiger partial charge is 0.234 e. The Hall–Kier alpha value is -2.64. The van der Waals surface area contributed by atoms with Crippen molar-refractivity contribution in [2.75, 3.05) is 33.9 Å². The number of aromatic nitrogens is 2. The lowest BCUT2D eigenvalue weighted by Crippen LogP contribution is -2.32. The number of ether oxygens (including phenoxy) is 3. The van der Waals surface area contributed by atoms with E-state index >= 15 is 0 Å². The quantitative estimate of drug-likeness (QED) is 0.550. The summed E-state index contributed by atoms with van der Waals surface area (Å²) in [6.07, 6.45) is 3.65. The third-order valence-corrected chi connectivity index (χ3v) is 5.58. The molecule has 6 nitrogen and oxygen atoms in total. The minimum atomic E-state index is -0.441. The standard InChI is InChI=1S/C22H23ClFN3O3/c1-27-7-5-14(6-8-27)12-29-16-10-18-21(20(11-16)28-2)22(26-13-25-18)30-19-4-3-15(24)9-17(19)23/h3-4,9-11,13-14H,5-8,12H2,1-2H3. The van der Waals surface area contributed by atoms with Crippen molar-refractivity contribution in [3.05, 3.63) is 47.5 Å². The SMILES string of the molecule is COc1cc(OCC2CCN(C)CC2)cc2ncnc(Oc3ccc(F)cc3Cl)c12. The van der Waals surface area contributed by atoms with E-state index in [0.29, 0.717) is 40.7 Å². The van der Waals surface area contributed by atoms with Gasteiger partial charge in [0.2, 0.25) is 5.88 Å². The monoisotopic (exact) mass is 431 g/mol. The van der Waals surface area contributed by atoms with Crippen LogP contribution in [0, 0.1) is 11.7 Å². The highest BCUT2D eigenvalue weighted by molar-refractivity contribution is 6.32. The third kappa shape index (κ3) is 4.57. The minimum absolute atomic E-state index is 0.152. The Morgan fingerprint density at radius 2 is 1.93 bits per heavy atom. The van der Waals surface area contributed by atoms with Crippen LogP contribution in [0.25, 0.3) is 10.9 Å². The van der Waals surface area contributed by atoms with Crippen LogP contribution in [0.4, 0.5) is 4.39 Å². The Labute approximate surface area is 179 Å². The van der Waals surface area contributed by atoms with E-state index in [1.165, 1.54) is 24.5 Å². The van der Waals surface area contributed by atoms with E-state index in [-0.39, 0.29) is 10.9 Å². The Morgan fingerprint density at radius 1 is 1.13 bits per heavy atom. The summed E-state index contributed by atoms with van der Waals surface area (Å²) in [5, 5.41) is 0.742. The number of halogens is 2. The van der Waals surface area contributed by atoms with E-state index in [2.05, 4.69) is 21.9 Å². The molecule has 0 bridgehead atoms. The average Bonchev–Trinajstić information content (AvgIpc) is 2.74. The van der Waals surface area contributed by atoms with Crippen LogP contribution in [0.3, 0.4) is 0 Å². The first-order chi connectivity index (χ1) is 14.5. The number of rotatable bonds is 6. The molecule has 2 aromatic carbocycles. The highest BCUT2D eigenvalue weighted by Crippen LogP contribution is 2.38. The van der Waals surface area contributed by atoms with Gasteiger partial charge in [-0.05, 0) is 57.1 Å². The summed E-state index contributed by atoms with van der Waals surface area (Å²) < 4.78 is 30.8. The van der Waals surface area contributed by atoms with Crippen LogP contribution in [0.5, 0.6) is 23.1 Å². The highest BCUT2D eigenvalue weighted by atomic mass is 35.5. The van der Waals surface area contributed by atoms with Crippen LogP contribution in [0.2, 0.25) is 5.02 Å². The van der Waals surface area contributed by atoms with Gasteiger partial charge >= 0.3 is 0 Å². The first-order valence-electron chi connectivity index (χ1n) is 9.80. The van der Waals surface area contributed by atoms with Crippen molar-refractivity contribution in [1.82, 2.24) is 14.9 Å². The fourth-order valence-corrected chi connectivity index (χ4v) is 3.73. The topological polar surface area (TPSA) is 56.7 Å². The second-order valence-electron chi connectivity index (χ2n) is 7.43. The maximum absolute atomic E-state index is 13.3. The van der Waals surface area contributed by atoms with Gasteiger partial charge in [-0.3, -0.25) is 0 Å². The molecule has 1 saturated heterocycles. The molecule has 0 atom stereocenters. The Kier molecular flexibility index (Phi) is 6.20. The molecule has 0 amide bonds. The lowest BCUT2D eigenvalue weighted by Gasteiger charge is -2.28. The van der Waals surface area contributed by atoms with Gasteiger partial charge in [-0.25, -0.2) is 14.4 Å². The van der Waals surface area contributed by atoms with E-state index in [4.69, 9.17) is 25.8 Å². The third-order valence-electron chi connectivity index (χ3n) is 5.28. The summed E-state index contributed by atoms with van der Waals surface area (Å²) in [7, 11) is 3.71. The average molecular weight is 432 g/mol. The molecule has 0 aliphatic carbocycles. The van der Waals surface area contributed by atoms with Crippen LogP contribution < -0.4 is 14.2 Å². The number of piperidine rings is 1. The summed E-state index contributed by atoms with van der Waals surface area (Å²) >= 11 is 6.09. The van der Waals surface area contributed by atoms with Crippen molar-refractivity contribution in [3.8, 4) is 23.1 Å². The summed E-state index contributed by atoms with van der Waals surface area (Å²) in [5.74, 6) is 1.87. The minimum Gasteiger partial charge on any atom is -0.496 e.